The zero-order valence-corrected chi connectivity index (χ0v) is 17.5. The summed E-state index contributed by atoms with van der Waals surface area (Å²) in [5.41, 5.74) is 1.77. The number of H-pyrrole nitrogens is 1. The van der Waals surface area contributed by atoms with Crippen LogP contribution in [0.5, 0.6) is 5.75 Å². The molecule has 1 heterocycles. The number of carbonyl (C=O) groups excluding carboxylic acids is 1. The van der Waals surface area contributed by atoms with E-state index in [-0.39, 0.29) is 24.2 Å². The molecule has 0 radical (unpaired) electrons. The zero-order chi connectivity index (χ0) is 21.1. The molecule has 1 fully saturated rings. The number of aromatic amines is 1. The molecule has 3 aromatic rings. The number of anilines is 1. The largest absolute Gasteiger partial charge is 0.497 e. The van der Waals surface area contributed by atoms with E-state index in [9.17, 15) is 9.59 Å². The lowest BCUT2D eigenvalue weighted by atomic mass is 10.1. The lowest BCUT2D eigenvalue weighted by molar-refractivity contribution is 0.184. The summed E-state index contributed by atoms with van der Waals surface area (Å²) in [4.78, 5) is 30.5. The van der Waals surface area contributed by atoms with Crippen molar-refractivity contribution in [3.63, 3.8) is 0 Å². The fraction of sp³-hybridized carbons (Fsp3) is 0.304. The average molecular weight is 426 g/mol. The van der Waals surface area contributed by atoms with E-state index in [1.807, 2.05) is 24.3 Å². The monoisotopic (exact) mass is 425 g/mol. The molecular weight excluding hydrogens is 402 g/mol. The second-order valence-electron chi connectivity index (χ2n) is 7.58. The van der Waals surface area contributed by atoms with E-state index in [1.165, 1.54) is 0 Å². The van der Waals surface area contributed by atoms with Gasteiger partial charge in [0.1, 0.15) is 5.75 Å². The molecule has 1 aliphatic carbocycles. The van der Waals surface area contributed by atoms with Gasteiger partial charge in [0.25, 0.3) is 5.56 Å². The predicted octanol–water partition coefficient (Wildman–Crippen LogP) is 5.17. The topological polar surface area (TPSA) is 74.4 Å². The fourth-order valence-electron chi connectivity index (χ4n) is 3.97. The van der Waals surface area contributed by atoms with Crippen LogP contribution < -0.4 is 15.6 Å². The smallest absolute Gasteiger partial charge is 0.322 e. The Morgan fingerprint density at radius 1 is 1.17 bits per heavy atom. The molecule has 30 heavy (non-hydrogen) atoms. The van der Waals surface area contributed by atoms with Gasteiger partial charge < -0.3 is 19.9 Å². The number of methoxy groups -OCH3 is 1. The number of benzene rings is 2. The molecule has 0 atom stereocenters. The van der Waals surface area contributed by atoms with Crippen molar-refractivity contribution in [3.05, 3.63) is 69.5 Å². The Morgan fingerprint density at radius 3 is 2.60 bits per heavy atom. The van der Waals surface area contributed by atoms with Crippen LogP contribution in [-0.4, -0.2) is 29.1 Å². The Bertz CT molecular complexity index is 1100. The number of halogens is 1. The summed E-state index contributed by atoms with van der Waals surface area (Å²) in [5, 5.41) is 4.42. The number of ether oxygens (including phenoxy) is 1. The maximum absolute atomic E-state index is 13.1. The number of hydrogen-bond acceptors (Lipinski definition) is 3. The van der Waals surface area contributed by atoms with E-state index < -0.39 is 0 Å². The highest BCUT2D eigenvalue weighted by molar-refractivity contribution is 6.30. The summed E-state index contributed by atoms with van der Waals surface area (Å²) in [6.07, 6.45) is 4.04. The van der Waals surface area contributed by atoms with Gasteiger partial charge in [-0.2, -0.15) is 0 Å². The molecule has 2 N–H and O–H groups in total. The normalized spacial score (nSPS) is 14.1. The van der Waals surface area contributed by atoms with Crippen LogP contribution in [0.2, 0.25) is 5.02 Å². The standard InChI is InChI=1S/C23H24ClN3O3/c1-30-20-10-11-21-15(13-20)12-16(22(28)26-21)14-27(19-4-2-3-5-19)23(29)25-18-8-6-17(24)7-9-18/h6-13,19H,2-5,14H2,1H3,(H,25,29)(H,26,28). The van der Waals surface area contributed by atoms with E-state index in [1.54, 1.807) is 36.3 Å². The van der Waals surface area contributed by atoms with Crippen LogP contribution in [0.15, 0.2) is 53.3 Å². The molecule has 6 nitrogen and oxygen atoms in total. The first-order chi connectivity index (χ1) is 14.5. The molecule has 1 saturated carbocycles. The summed E-state index contributed by atoms with van der Waals surface area (Å²) in [7, 11) is 1.61. The van der Waals surface area contributed by atoms with Crippen molar-refractivity contribution in [2.45, 2.75) is 38.3 Å². The van der Waals surface area contributed by atoms with Gasteiger partial charge in [0.2, 0.25) is 0 Å². The number of nitrogens with one attached hydrogen (secondary N) is 2. The zero-order valence-electron chi connectivity index (χ0n) is 16.8. The van der Waals surface area contributed by atoms with Crippen molar-refractivity contribution in [2.75, 3.05) is 12.4 Å². The van der Waals surface area contributed by atoms with Crippen LogP contribution >= 0.6 is 11.6 Å². The van der Waals surface area contributed by atoms with Crippen LogP contribution in [0.1, 0.15) is 31.2 Å². The molecule has 0 bridgehead atoms. The Kier molecular flexibility index (Phi) is 5.95. The van der Waals surface area contributed by atoms with Crippen molar-refractivity contribution in [1.82, 2.24) is 9.88 Å². The van der Waals surface area contributed by atoms with E-state index in [0.29, 0.717) is 22.0 Å². The van der Waals surface area contributed by atoms with Gasteiger partial charge in [-0.25, -0.2) is 4.79 Å². The van der Waals surface area contributed by atoms with Crippen molar-refractivity contribution in [2.24, 2.45) is 0 Å². The molecule has 0 spiro atoms. The molecule has 0 saturated heterocycles. The van der Waals surface area contributed by atoms with Crippen LogP contribution in [-0.2, 0) is 6.54 Å². The second kappa shape index (κ2) is 8.79. The van der Waals surface area contributed by atoms with Crippen LogP contribution in [0.4, 0.5) is 10.5 Å². The maximum Gasteiger partial charge on any atom is 0.322 e. The fourth-order valence-corrected chi connectivity index (χ4v) is 4.10. The van der Waals surface area contributed by atoms with Crippen molar-refractivity contribution in [3.8, 4) is 5.75 Å². The SMILES string of the molecule is COc1ccc2[nH]c(=O)c(CN(C(=O)Nc3ccc(Cl)cc3)C3CCCC3)cc2c1. The number of aromatic nitrogens is 1. The number of rotatable bonds is 5. The summed E-state index contributed by atoms with van der Waals surface area (Å²) >= 11 is 5.94. The molecule has 2 aromatic carbocycles. The number of amides is 2. The lowest BCUT2D eigenvalue weighted by Crippen LogP contribution is -2.42. The minimum absolute atomic E-state index is 0.109. The van der Waals surface area contributed by atoms with Crippen LogP contribution in [0.3, 0.4) is 0 Å². The number of nitrogens with zero attached hydrogens (tertiary/aromatic N) is 1. The first-order valence-corrected chi connectivity index (χ1v) is 10.4. The highest BCUT2D eigenvalue weighted by Gasteiger charge is 2.27. The first-order valence-electron chi connectivity index (χ1n) is 10.1. The van der Waals surface area contributed by atoms with Gasteiger partial charge >= 0.3 is 6.03 Å². The molecule has 1 aromatic heterocycles. The number of urea groups is 1. The second-order valence-corrected chi connectivity index (χ2v) is 8.02. The molecule has 0 aliphatic heterocycles. The third kappa shape index (κ3) is 4.44. The van der Waals surface area contributed by atoms with Gasteiger partial charge in [0.15, 0.2) is 0 Å². The summed E-state index contributed by atoms with van der Waals surface area (Å²) in [6, 6.07) is 14.2. The number of hydrogen-bond donors (Lipinski definition) is 2. The van der Waals surface area contributed by atoms with E-state index in [2.05, 4.69) is 10.3 Å². The van der Waals surface area contributed by atoms with Crippen molar-refractivity contribution < 1.29 is 9.53 Å². The minimum Gasteiger partial charge on any atom is -0.497 e. The summed E-state index contributed by atoms with van der Waals surface area (Å²) in [5.74, 6) is 0.716. The molecule has 7 heteroatoms. The molecule has 0 unspecified atom stereocenters. The Morgan fingerprint density at radius 2 is 1.90 bits per heavy atom. The molecule has 4 rings (SSSR count). The van der Waals surface area contributed by atoms with Crippen molar-refractivity contribution in [1.29, 1.82) is 0 Å². The molecule has 1 aliphatic rings. The van der Waals surface area contributed by atoms with Gasteiger partial charge in [0, 0.05) is 33.2 Å². The van der Waals surface area contributed by atoms with Crippen LogP contribution in [0, 0.1) is 0 Å². The third-order valence-electron chi connectivity index (χ3n) is 5.59. The average Bonchev–Trinajstić information content (AvgIpc) is 3.28. The Labute approximate surface area is 179 Å². The summed E-state index contributed by atoms with van der Waals surface area (Å²) < 4.78 is 5.29. The third-order valence-corrected chi connectivity index (χ3v) is 5.84. The van der Waals surface area contributed by atoms with E-state index in [4.69, 9.17) is 16.3 Å². The molecule has 2 amide bonds. The first kappa shape index (κ1) is 20.3. The van der Waals surface area contributed by atoms with Crippen molar-refractivity contribution >= 4 is 34.2 Å². The Hall–Kier alpha value is -2.99. The minimum atomic E-state index is -0.214. The van der Waals surface area contributed by atoms with E-state index >= 15 is 0 Å². The highest BCUT2D eigenvalue weighted by Crippen LogP contribution is 2.26. The Balaban J connectivity index is 1.63. The number of carbonyl (C=O) groups is 1. The van der Waals surface area contributed by atoms with E-state index in [0.717, 1.165) is 36.6 Å². The number of pyridine rings is 1. The van der Waals surface area contributed by atoms with Gasteiger partial charge in [0.05, 0.1) is 13.7 Å². The molecular formula is C23H24ClN3O3. The van der Waals surface area contributed by atoms with Gasteiger partial charge in [-0.05, 0) is 61.4 Å². The lowest BCUT2D eigenvalue weighted by Gasteiger charge is -2.29. The van der Waals surface area contributed by atoms with Gasteiger partial charge in [-0.3, -0.25) is 4.79 Å². The predicted molar refractivity (Wildman–Crippen MR) is 119 cm³/mol. The highest BCUT2D eigenvalue weighted by atomic mass is 35.5. The van der Waals surface area contributed by atoms with Gasteiger partial charge in [-0.15, -0.1) is 0 Å². The maximum atomic E-state index is 13.1. The quantitative estimate of drug-likeness (QED) is 0.592. The number of fused-ring (bicyclic) bond motifs is 1. The molecule has 156 valence electrons. The van der Waals surface area contributed by atoms with Crippen LogP contribution in [0.25, 0.3) is 10.9 Å². The van der Waals surface area contributed by atoms with Gasteiger partial charge in [-0.1, -0.05) is 24.4 Å². The summed E-state index contributed by atoms with van der Waals surface area (Å²) in [6.45, 7) is 0.243.